The van der Waals surface area contributed by atoms with Gasteiger partial charge < -0.3 is 0 Å². The van der Waals surface area contributed by atoms with Crippen molar-refractivity contribution in [3.05, 3.63) is 44.5 Å². The molecule has 1 aromatic carbocycles. The van der Waals surface area contributed by atoms with Gasteiger partial charge in [-0.25, -0.2) is 4.98 Å². The number of benzene rings is 1. The van der Waals surface area contributed by atoms with E-state index >= 15 is 0 Å². The summed E-state index contributed by atoms with van der Waals surface area (Å²) in [5.74, 6) is 0. The van der Waals surface area contributed by atoms with E-state index < -0.39 is 0 Å². The summed E-state index contributed by atoms with van der Waals surface area (Å²) in [7, 11) is 0. The van der Waals surface area contributed by atoms with E-state index in [4.69, 9.17) is 4.98 Å². The monoisotopic (exact) mass is 318 g/mol. The van der Waals surface area contributed by atoms with Crippen molar-refractivity contribution >= 4 is 37.9 Å². The van der Waals surface area contributed by atoms with Crippen LogP contribution in [-0.2, 0) is 0 Å². The van der Waals surface area contributed by atoms with E-state index in [9.17, 15) is 10.1 Å². The quantitative estimate of drug-likeness (QED) is 0.484. The lowest BCUT2D eigenvalue weighted by Crippen LogP contribution is -1.92. The van der Waals surface area contributed by atoms with Crippen LogP contribution in [0, 0.1) is 37.8 Å². The molecule has 6 heteroatoms. The van der Waals surface area contributed by atoms with Gasteiger partial charge in [0.1, 0.15) is 5.01 Å². The van der Waals surface area contributed by atoms with Crippen LogP contribution in [-0.4, -0.2) is 9.91 Å². The number of thiazole rings is 1. The maximum absolute atomic E-state index is 10.8. The number of thiophene rings is 1. The normalized spacial score (nSPS) is 11.2. The fraction of sp³-hybridized carbons (Fsp3) is 0.267. The average molecular weight is 318 g/mol. The van der Waals surface area contributed by atoms with Crippen molar-refractivity contribution in [2.75, 3.05) is 0 Å². The largest absolute Gasteiger partial charge is 0.324 e. The van der Waals surface area contributed by atoms with Crippen molar-refractivity contribution in [2.24, 2.45) is 0 Å². The third kappa shape index (κ3) is 2.15. The second-order valence-corrected chi connectivity index (χ2v) is 7.15. The number of hydrogen-bond donors (Lipinski definition) is 0. The Kier molecular flexibility index (Phi) is 3.30. The van der Waals surface area contributed by atoms with E-state index in [0.717, 1.165) is 15.4 Å². The molecular weight excluding hydrogens is 304 g/mol. The second-order valence-electron chi connectivity index (χ2n) is 5.09. The van der Waals surface area contributed by atoms with E-state index in [1.807, 2.05) is 0 Å². The van der Waals surface area contributed by atoms with E-state index in [1.54, 1.807) is 23.5 Å². The summed E-state index contributed by atoms with van der Waals surface area (Å²) < 4.78 is 1.18. The predicted molar refractivity (Wildman–Crippen MR) is 88.5 cm³/mol. The molecule has 0 aliphatic rings. The van der Waals surface area contributed by atoms with Crippen molar-refractivity contribution in [3.8, 4) is 9.88 Å². The summed E-state index contributed by atoms with van der Waals surface area (Å²) in [6, 6.07) is 3.33. The predicted octanol–water partition coefficient (Wildman–Crippen LogP) is 5.17. The smallest absolute Gasteiger partial charge is 0.258 e. The zero-order valence-corrected chi connectivity index (χ0v) is 13.8. The van der Waals surface area contributed by atoms with Crippen LogP contribution in [0.5, 0.6) is 0 Å². The Morgan fingerprint density at radius 1 is 1.00 bits per heavy atom. The molecule has 2 aromatic heterocycles. The number of aryl methyl sites for hydroxylation is 2. The van der Waals surface area contributed by atoms with Gasteiger partial charge in [-0.2, -0.15) is 0 Å². The third-order valence-corrected chi connectivity index (χ3v) is 6.37. The Morgan fingerprint density at radius 3 is 2.29 bits per heavy atom. The Morgan fingerprint density at radius 2 is 1.67 bits per heavy atom. The number of hydrogen-bond acceptors (Lipinski definition) is 5. The zero-order chi connectivity index (χ0) is 15.3. The highest BCUT2D eigenvalue weighted by Gasteiger charge is 2.17. The molecule has 0 fully saturated rings. The third-order valence-electron chi connectivity index (χ3n) is 3.99. The van der Waals surface area contributed by atoms with Crippen LogP contribution in [0.15, 0.2) is 12.1 Å². The first kappa shape index (κ1) is 14.2. The number of nitrogens with zero attached hydrogens (tertiary/aromatic N) is 2. The molecule has 4 nitrogen and oxygen atoms in total. The highest BCUT2D eigenvalue weighted by atomic mass is 32.1. The fourth-order valence-corrected chi connectivity index (χ4v) is 4.44. The SMILES string of the molecule is Cc1c(C)c(C)c2sc(-c3ccc([N+](=O)[O-])s3)nc2c1C. The van der Waals surface area contributed by atoms with Gasteiger partial charge in [-0.05, 0) is 56.0 Å². The average Bonchev–Trinajstić information content (AvgIpc) is 3.08. The Hall–Kier alpha value is -1.79. The Balaban J connectivity index is 2.23. The molecule has 0 atom stereocenters. The molecule has 0 saturated carbocycles. The summed E-state index contributed by atoms with van der Waals surface area (Å²) >= 11 is 2.79. The molecular formula is C15H14N2O2S2. The number of fused-ring (bicyclic) bond motifs is 1. The lowest BCUT2D eigenvalue weighted by atomic mass is 9.99. The van der Waals surface area contributed by atoms with Crippen LogP contribution in [0.1, 0.15) is 22.3 Å². The van der Waals surface area contributed by atoms with Gasteiger partial charge in [-0.15, -0.1) is 11.3 Å². The molecule has 108 valence electrons. The molecule has 0 spiro atoms. The summed E-state index contributed by atoms with van der Waals surface area (Å²) in [5.41, 5.74) is 6.04. The number of nitro groups is 1. The molecule has 0 amide bonds. The van der Waals surface area contributed by atoms with Crippen molar-refractivity contribution in [1.29, 1.82) is 0 Å². The number of rotatable bonds is 2. The minimum atomic E-state index is -0.355. The van der Waals surface area contributed by atoms with Gasteiger partial charge in [0.15, 0.2) is 0 Å². The molecule has 3 rings (SSSR count). The standard InChI is InChI=1S/C15H14N2O2S2/c1-7-8(2)10(4)14-13(9(7)3)16-15(21-14)11-5-6-12(20-11)17(18)19/h5-6H,1-4H3. The van der Waals surface area contributed by atoms with Crippen LogP contribution in [0.4, 0.5) is 5.00 Å². The first-order valence-electron chi connectivity index (χ1n) is 6.51. The molecule has 3 aromatic rings. The van der Waals surface area contributed by atoms with Gasteiger partial charge in [-0.3, -0.25) is 10.1 Å². The van der Waals surface area contributed by atoms with Crippen molar-refractivity contribution in [1.82, 2.24) is 4.98 Å². The topological polar surface area (TPSA) is 56.0 Å². The molecule has 0 aliphatic heterocycles. The fourth-order valence-electron chi connectivity index (χ4n) is 2.38. The summed E-state index contributed by atoms with van der Waals surface area (Å²) in [4.78, 5) is 16.0. The van der Waals surface area contributed by atoms with Crippen LogP contribution >= 0.6 is 22.7 Å². The lowest BCUT2D eigenvalue weighted by molar-refractivity contribution is -0.380. The molecule has 21 heavy (non-hydrogen) atoms. The van der Waals surface area contributed by atoms with Crippen LogP contribution < -0.4 is 0 Å². The first-order valence-corrected chi connectivity index (χ1v) is 8.15. The molecule has 0 saturated heterocycles. The summed E-state index contributed by atoms with van der Waals surface area (Å²) in [6.07, 6.45) is 0. The molecule has 0 N–H and O–H groups in total. The first-order chi connectivity index (χ1) is 9.90. The molecule has 0 unspecified atom stereocenters. The maximum atomic E-state index is 10.8. The Labute approximate surface area is 130 Å². The van der Waals surface area contributed by atoms with E-state index in [1.165, 1.54) is 38.3 Å². The molecule has 0 bridgehead atoms. The summed E-state index contributed by atoms with van der Waals surface area (Å²) in [5, 5.41) is 11.8. The van der Waals surface area contributed by atoms with Gasteiger partial charge in [0.25, 0.3) is 0 Å². The summed E-state index contributed by atoms with van der Waals surface area (Å²) in [6.45, 7) is 8.45. The molecule has 0 radical (unpaired) electrons. The zero-order valence-electron chi connectivity index (χ0n) is 12.2. The second kappa shape index (κ2) is 4.89. The highest BCUT2D eigenvalue weighted by molar-refractivity contribution is 7.26. The molecule has 0 aliphatic carbocycles. The highest BCUT2D eigenvalue weighted by Crippen LogP contribution is 2.40. The van der Waals surface area contributed by atoms with Crippen LogP contribution in [0.3, 0.4) is 0 Å². The van der Waals surface area contributed by atoms with E-state index in [0.29, 0.717) is 0 Å². The minimum Gasteiger partial charge on any atom is -0.258 e. The van der Waals surface area contributed by atoms with Gasteiger partial charge in [-0.1, -0.05) is 11.3 Å². The van der Waals surface area contributed by atoms with Gasteiger partial charge in [0.05, 0.1) is 20.0 Å². The maximum Gasteiger partial charge on any atom is 0.324 e. The van der Waals surface area contributed by atoms with E-state index in [2.05, 4.69) is 27.7 Å². The van der Waals surface area contributed by atoms with Crippen molar-refractivity contribution < 1.29 is 4.92 Å². The number of aromatic nitrogens is 1. The lowest BCUT2D eigenvalue weighted by Gasteiger charge is -2.09. The van der Waals surface area contributed by atoms with Crippen molar-refractivity contribution in [3.63, 3.8) is 0 Å². The van der Waals surface area contributed by atoms with Crippen molar-refractivity contribution in [2.45, 2.75) is 27.7 Å². The molecule has 2 heterocycles. The Bertz CT molecular complexity index is 833. The van der Waals surface area contributed by atoms with Gasteiger partial charge in [0, 0.05) is 6.07 Å². The van der Waals surface area contributed by atoms with Crippen LogP contribution in [0.2, 0.25) is 0 Å². The minimum absolute atomic E-state index is 0.157. The van der Waals surface area contributed by atoms with Gasteiger partial charge in [0.2, 0.25) is 0 Å². The van der Waals surface area contributed by atoms with E-state index in [-0.39, 0.29) is 9.92 Å². The van der Waals surface area contributed by atoms with Crippen LogP contribution in [0.25, 0.3) is 20.1 Å². The van der Waals surface area contributed by atoms with Gasteiger partial charge >= 0.3 is 5.00 Å².